The molecule has 3 rings (SSSR count). The molecular weight excluding hydrogens is 361 g/mol. The van der Waals surface area contributed by atoms with E-state index in [2.05, 4.69) is 19.9 Å². The van der Waals surface area contributed by atoms with Crippen LogP contribution in [0.3, 0.4) is 0 Å². The van der Waals surface area contributed by atoms with Gasteiger partial charge in [0.25, 0.3) is 5.91 Å². The maximum absolute atomic E-state index is 13.0. The Morgan fingerprint density at radius 1 is 1.04 bits per heavy atom. The molecule has 1 N–H and O–H groups in total. The molecule has 2 aromatic carbocycles. The zero-order valence-electron chi connectivity index (χ0n) is 15.9. The van der Waals surface area contributed by atoms with Gasteiger partial charge in [0.1, 0.15) is 5.82 Å². The number of rotatable bonds is 6. The number of methoxy groups -OCH3 is 1. The minimum absolute atomic E-state index is 0.212. The van der Waals surface area contributed by atoms with Gasteiger partial charge in [-0.1, -0.05) is 6.07 Å². The fraction of sp³-hybridized carbons (Fsp3) is 0.333. The van der Waals surface area contributed by atoms with Gasteiger partial charge < -0.3 is 15.0 Å². The summed E-state index contributed by atoms with van der Waals surface area (Å²) in [6.45, 7) is 4.76. The van der Waals surface area contributed by atoms with Crippen LogP contribution in [-0.2, 0) is 4.74 Å². The molecule has 1 aliphatic heterocycles. The summed E-state index contributed by atoms with van der Waals surface area (Å²) >= 11 is 0. The molecular formula is C21H24FN3O3. The Hall–Kier alpha value is -2.93. The fourth-order valence-corrected chi connectivity index (χ4v) is 3.22. The van der Waals surface area contributed by atoms with Crippen LogP contribution >= 0.6 is 0 Å². The van der Waals surface area contributed by atoms with Crippen LogP contribution in [0.4, 0.5) is 10.1 Å². The second-order valence-electron chi connectivity index (χ2n) is 6.63. The van der Waals surface area contributed by atoms with E-state index in [0.717, 1.165) is 38.4 Å². The topological polar surface area (TPSA) is 61.9 Å². The van der Waals surface area contributed by atoms with E-state index in [1.54, 1.807) is 30.3 Å². The van der Waals surface area contributed by atoms with Crippen molar-refractivity contribution in [3.05, 3.63) is 65.5 Å². The molecule has 0 bridgehead atoms. The van der Waals surface area contributed by atoms with Crippen LogP contribution in [0, 0.1) is 5.82 Å². The lowest BCUT2D eigenvalue weighted by Gasteiger charge is -2.36. The summed E-state index contributed by atoms with van der Waals surface area (Å²) in [5, 5.41) is 2.89. The van der Waals surface area contributed by atoms with Crippen molar-refractivity contribution in [1.82, 2.24) is 10.2 Å². The number of nitrogens with zero attached hydrogens (tertiary/aromatic N) is 2. The molecule has 1 heterocycles. The summed E-state index contributed by atoms with van der Waals surface area (Å²) in [6.07, 6.45) is 0. The van der Waals surface area contributed by atoms with Gasteiger partial charge in [0.05, 0.1) is 12.7 Å². The molecule has 0 atom stereocenters. The normalized spacial score (nSPS) is 14.6. The average molecular weight is 385 g/mol. The molecule has 0 radical (unpaired) electrons. The maximum atomic E-state index is 13.0. The van der Waals surface area contributed by atoms with Gasteiger partial charge in [-0.3, -0.25) is 9.69 Å². The first kappa shape index (κ1) is 19.8. The SMILES string of the molecule is COC(=O)c1cccc(C(=O)NCCN2CCN(c3ccc(F)cc3)CC2)c1. The van der Waals surface area contributed by atoms with Crippen molar-refractivity contribution in [2.75, 3.05) is 51.3 Å². The lowest BCUT2D eigenvalue weighted by molar-refractivity contribution is 0.0600. The highest BCUT2D eigenvalue weighted by Gasteiger charge is 2.17. The first-order valence-corrected chi connectivity index (χ1v) is 9.26. The smallest absolute Gasteiger partial charge is 0.337 e. The maximum Gasteiger partial charge on any atom is 0.337 e. The summed E-state index contributed by atoms with van der Waals surface area (Å²) in [7, 11) is 1.31. The molecule has 2 aromatic rings. The quantitative estimate of drug-likeness (QED) is 0.773. The van der Waals surface area contributed by atoms with Crippen molar-refractivity contribution in [1.29, 1.82) is 0 Å². The van der Waals surface area contributed by atoms with Gasteiger partial charge in [-0.2, -0.15) is 0 Å². The van der Waals surface area contributed by atoms with Crippen molar-refractivity contribution in [2.24, 2.45) is 0 Å². The van der Waals surface area contributed by atoms with Crippen molar-refractivity contribution in [3.8, 4) is 0 Å². The molecule has 0 aromatic heterocycles. The van der Waals surface area contributed by atoms with Crippen LogP contribution < -0.4 is 10.2 Å². The van der Waals surface area contributed by atoms with Crippen molar-refractivity contribution >= 4 is 17.6 Å². The monoisotopic (exact) mass is 385 g/mol. The third-order valence-corrected chi connectivity index (χ3v) is 4.82. The third kappa shape index (κ3) is 5.07. The summed E-state index contributed by atoms with van der Waals surface area (Å²) in [5.74, 6) is -0.903. The lowest BCUT2D eigenvalue weighted by atomic mass is 10.1. The number of amides is 1. The Balaban J connectivity index is 1.43. The van der Waals surface area contributed by atoms with Gasteiger partial charge in [0.2, 0.25) is 0 Å². The Bertz CT molecular complexity index is 818. The van der Waals surface area contributed by atoms with Crippen molar-refractivity contribution in [2.45, 2.75) is 0 Å². The summed E-state index contributed by atoms with van der Waals surface area (Å²) in [4.78, 5) is 28.4. The number of ether oxygens (including phenoxy) is 1. The molecule has 0 aliphatic carbocycles. The number of hydrogen-bond donors (Lipinski definition) is 1. The number of hydrogen-bond acceptors (Lipinski definition) is 5. The summed E-state index contributed by atoms with van der Waals surface area (Å²) < 4.78 is 17.7. The highest BCUT2D eigenvalue weighted by atomic mass is 19.1. The summed E-state index contributed by atoms with van der Waals surface area (Å²) in [5.41, 5.74) is 1.82. The molecule has 6 nitrogen and oxygen atoms in total. The number of nitrogens with one attached hydrogen (secondary N) is 1. The first-order valence-electron chi connectivity index (χ1n) is 9.26. The van der Waals surface area contributed by atoms with E-state index >= 15 is 0 Å². The Kier molecular flexibility index (Phi) is 6.60. The number of carbonyl (C=O) groups is 2. The first-order chi connectivity index (χ1) is 13.6. The highest BCUT2D eigenvalue weighted by molar-refractivity contribution is 5.97. The van der Waals surface area contributed by atoms with E-state index in [1.807, 2.05) is 0 Å². The second kappa shape index (κ2) is 9.32. The number of piperazine rings is 1. The van der Waals surface area contributed by atoms with Crippen LogP contribution in [0.25, 0.3) is 0 Å². The van der Waals surface area contributed by atoms with E-state index in [-0.39, 0.29) is 11.7 Å². The highest BCUT2D eigenvalue weighted by Crippen LogP contribution is 2.16. The van der Waals surface area contributed by atoms with E-state index in [1.165, 1.54) is 25.3 Å². The van der Waals surface area contributed by atoms with Crippen molar-refractivity contribution < 1.29 is 18.7 Å². The van der Waals surface area contributed by atoms with Gasteiger partial charge in [-0.25, -0.2) is 9.18 Å². The predicted molar refractivity (Wildman–Crippen MR) is 105 cm³/mol. The zero-order chi connectivity index (χ0) is 19.9. The lowest BCUT2D eigenvalue weighted by Crippen LogP contribution is -2.48. The van der Waals surface area contributed by atoms with E-state index < -0.39 is 5.97 Å². The Morgan fingerprint density at radius 2 is 1.71 bits per heavy atom. The third-order valence-electron chi connectivity index (χ3n) is 4.82. The average Bonchev–Trinajstić information content (AvgIpc) is 2.74. The van der Waals surface area contributed by atoms with Crippen LogP contribution in [-0.4, -0.2) is 63.2 Å². The number of esters is 1. The molecule has 1 aliphatic rings. The molecule has 28 heavy (non-hydrogen) atoms. The minimum atomic E-state index is -0.464. The number of benzene rings is 2. The van der Waals surface area contributed by atoms with Crippen LogP contribution in [0.1, 0.15) is 20.7 Å². The zero-order valence-corrected chi connectivity index (χ0v) is 15.9. The fourth-order valence-electron chi connectivity index (χ4n) is 3.22. The van der Waals surface area contributed by atoms with E-state index in [4.69, 9.17) is 0 Å². The minimum Gasteiger partial charge on any atom is -0.465 e. The largest absolute Gasteiger partial charge is 0.465 e. The van der Waals surface area contributed by atoms with E-state index in [9.17, 15) is 14.0 Å². The van der Waals surface area contributed by atoms with Crippen LogP contribution in [0.15, 0.2) is 48.5 Å². The van der Waals surface area contributed by atoms with Gasteiger partial charge in [-0.15, -0.1) is 0 Å². The summed E-state index contributed by atoms with van der Waals surface area (Å²) in [6, 6.07) is 13.0. The van der Waals surface area contributed by atoms with Gasteiger partial charge >= 0.3 is 5.97 Å². The van der Waals surface area contributed by atoms with Gasteiger partial charge in [-0.05, 0) is 42.5 Å². The number of halogens is 1. The van der Waals surface area contributed by atoms with E-state index in [0.29, 0.717) is 17.7 Å². The molecule has 0 saturated carbocycles. The molecule has 1 saturated heterocycles. The van der Waals surface area contributed by atoms with Crippen LogP contribution in [0.2, 0.25) is 0 Å². The Labute approximate surface area is 163 Å². The molecule has 0 spiro atoms. The van der Waals surface area contributed by atoms with Gasteiger partial charge in [0, 0.05) is 50.5 Å². The molecule has 0 unspecified atom stereocenters. The van der Waals surface area contributed by atoms with Crippen molar-refractivity contribution in [3.63, 3.8) is 0 Å². The van der Waals surface area contributed by atoms with Gasteiger partial charge in [0.15, 0.2) is 0 Å². The predicted octanol–water partition coefficient (Wildman–Crippen LogP) is 2.16. The van der Waals surface area contributed by atoms with Crippen LogP contribution in [0.5, 0.6) is 0 Å². The standard InChI is InChI=1S/C21H24FN3O3/c1-28-21(27)17-4-2-3-16(15-17)20(26)23-9-10-24-11-13-25(14-12-24)19-7-5-18(22)6-8-19/h2-8,15H,9-14H2,1H3,(H,23,26). The molecule has 148 valence electrons. The molecule has 7 heteroatoms. The molecule has 1 amide bonds. The number of carbonyl (C=O) groups excluding carboxylic acids is 2. The number of anilines is 1. The second-order valence-corrected chi connectivity index (χ2v) is 6.63. The molecule has 1 fully saturated rings. The Morgan fingerprint density at radius 3 is 2.39 bits per heavy atom.